The molecule has 160 valence electrons. The number of hydrogen-bond acceptors (Lipinski definition) is 7. The minimum absolute atomic E-state index is 0.168. The van der Waals surface area contributed by atoms with Crippen LogP contribution in [0.1, 0.15) is 44.5 Å². The van der Waals surface area contributed by atoms with Crippen LogP contribution in [-0.4, -0.2) is 36.5 Å². The molecule has 2 N–H and O–H groups in total. The van der Waals surface area contributed by atoms with E-state index in [4.69, 9.17) is 9.47 Å². The van der Waals surface area contributed by atoms with Gasteiger partial charge in [-0.1, -0.05) is 6.92 Å². The van der Waals surface area contributed by atoms with Crippen LogP contribution in [0.5, 0.6) is 5.75 Å². The normalized spacial score (nSPS) is 10.3. The quantitative estimate of drug-likeness (QED) is 0.509. The standard InChI is InChI=1S/C22H21N3O5S/c1-3-12-30-21(28)15-4-8-16(9-5-15)23-20(27)18-13-31-22(24-18)25-19(26)14-6-10-17(29-2)11-7-14/h4-11,13H,3,12H2,1-2H3,(H,23,27)(H,24,25,26). The lowest BCUT2D eigenvalue weighted by Gasteiger charge is -2.06. The highest BCUT2D eigenvalue weighted by molar-refractivity contribution is 7.14. The molecule has 0 fully saturated rings. The van der Waals surface area contributed by atoms with Crippen molar-refractivity contribution in [2.24, 2.45) is 0 Å². The number of rotatable bonds is 8. The largest absolute Gasteiger partial charge is 0.497 e. The fourth-order valence-electron chi connectivity index (χ4n) is 2.51. The van der Waals surface area contributed by atoms with Gasteiger partial charge in [0, 0.05) is 16.6 Å². The first-order valence-electron chi connectivity index (χ1n) is 9.49. The smallest absolute Gasteiger partial charge is 0.338 e. The SMILES string of the molecule is CCCOC(=O)c1ccc(NC(=O)c2csc(NC(=O)c3ccc(OC)cc3)n2)cc1. The Bertz CT molecular complexity index is 1060. The maximum atomic E-state index is 12.4. The van der Waals surface area contributed by atoms with E-state index >= 15 is 0 Å². The second-order valence-electron chi connectivity index (χ2n) is 6.39. The van der Waals surface area contributed by atoms with E-state index < -0.39 is 11.9 Å². The van der Waals surface area contributed by atoms with Crippen molar-refractivity contribution in [3.63, 3.8) is 0 Å². The van der Waals surface area contributed by atoms with Gasteiger partial charge in [0.15, 0.2) is 5.13 Å². The summed E-state index contributed by atoms with van der Waals surface area (Å²) in [6.07, 6.45) is 0.746. The lowest BCUT2D eigenvalue weighted by atomic mass is 10.2. The van der Waals surface area contributed by atoms with Gasteiger partial charge in [-0.2, -0.15) is 0 Å². The molecule has 2 aromatic carbocycles. The monoisotopic (exact) mass is 439 g/mol. The van der Waals surface area contributed by atoms with Crippen molar-refractivity contribution in [1.82, 2.24) is 4.98 Å². The number of benzene rings is 2. The molecule has 1 heterocycles. The van der Waals surface area contributed by atoms with Crippen molar-refractivity contribution in [3.8, 4) is 5.75 Å². The molecule has 0 atom stereocenters. The van der Waals surface area contributed by atoms with Gasteiger partial charge in [-0.3, -0.25) is 14.9 Å². The summed E-state index contributed by atoms with van der Waals surface area (Å²) in [5.41, 5.74) is 1.53. The molecule has 1 aromatic heterocycles. The van der Waals surface area contributed by atoms with Crippen molar-refractivity contribution in [1.29, 1.82) is 0 Å². The number of ether oxygens (including phenoxy) is 2. The molecule has 8 nitrogen and oxygen atoms in total. The third-order valence-corrected chi connectivity index (χ3v) is 4.88. The van der Waals surface area contributed by atoms with Crippen molar-refractivity contribution < 1.29 is 23.9 Å². The van der Waals surface area contributed by atoms with Crippen molar-refractivity contribution in [2.75, 3.05) is 24.4 Å². The average Bonchev–Trinajstić information content (AvgIpc) is 3.26. The van der Waals surface area contributed by atoms with Crippen molar-refractivity contribution in [2.45, 2.75) is 13.3 Å². The van der Waals surface area contributed by atoms with Crippen LogP contribution in [0.25, 0.3) is 0 Å². The number of carbonyl (C=O) groups excluding carboxylic acids is 3. The first kappa shape index (κ1) is 22.0. The second kappa shape index (κ2) is 10.4. The molecule has 3 aromatic rings. The first-order chi connectivity index (χ1) is 15.0. The van der Waals surface area contributed by atoms with Crippen LogP contribution in [0.3, 0.4) is 0 Å². The lowest BCUT2D eigenvalue weighted by Crippen LogP contribution is -2.14. The molecular formula is C22H21N3O5S. The number of carbonyl (C=O) groups is 3. The fourth-order valence-corrected chi connectivity index (χ4v) is 3.20. The summed E-state index contributed by atoms with van der Waals surface area (Å²) >= 11 is 1.14. The molecule has 0 aliphatic rings. The summed E-state index contributed by atoms with van der Waals surface area (Å²) in [6, 6.07) is 13.0. The van der Waals surface area contributed by atoms with E-state index in [1.165, 1.54) is 0 Å². The number of esters is 1. The van der Waals surface area contributed by atoms with Crippen LogP contribution in [-0.2, 0) is 4.74 Å². The highest BCUT2D eigenvalue weighted by Gasteiger charge is 2.14. The van der Waals surface area contributed by atoms with Crippen molar-refractivity contribution in [3.05, 3.63) is 70.7 Å². The van der Waals surface area contributed by atoms with Gasteiger partial charge in [0.2, 0.25) is 0 Å². The van der Waals surface area contributed by atoms with Crippen LogP contribution < -0.4 is 15.4 Å². The third kappa shape index (κ3) is 5.89. The predicted octanol–water partition coefficient (Wildman–Crippen LogP) is 4.22. The molecule has 0 aliphatic heterocycles. The van der Waals surface area contributed by atoms with Gasteiger partial charge in [0.05, 0.1) is 19.3 Å². The zero-order valence-corrected chi connectivity index (χ0v) is 17.8. The van der Waals surface area contributed by atoms with Gasteiger partial charge in [-0.25, -0.2) is 9.78 Å². The molecule has 0 bridgehead atoms. The Morgan fingerprint density at radius 3 is 2.26 bits per heavy atom. The summed E-state index contributed by atoms with van der Waals surface area (Å²) in [4.78, 5) is 40.7. The van der Waals surface area contributed by atoms with Gasteiger partial charge in [-0.15, -0.1) is 11.3 Å². The van der Waals surface area contributed by atoms with Gasteiger partial charge < -0.3 is 14.8 Å². The van der Waals surface area contributed by atoms with Gasteiger partial charge >= 0.3 is 5.97 Å². The number of methoxy groups -OCH3 is 1. The Labute approximate surface area is 183 Å². The molecule has 0 aliphatic carbocycles. The maximum Gasteiger partial charge on any atom is 0.338 e. The molecule has 0 radical (unpaired) electrons. The Hall–Kier alpha value is -3.72. The van der Waals surface area contributed by atoms with Crippen LogP contribution in [0.4, 0.5) is 10.8 Å². The number of anilines is 2. The van der Waals surface area contributed by atoms with Crippen LogP contribution in [0.15, 0.2) is 53.9 Å². The average molecular weight is 439 g/mol. The Morgan fingerprint density at radius 2 is 1.61 bits per heavy atom. The van der Waals surface area contributed by atoms with Crippen LogP contribution in [0, 0.1) is 0 Å². The summed E-state index contributed by atoms with van der Waals surface area (Å²) in [7, 11) is 1.55. The summed E-state index contributed by atoms with van der Waals surface area (Å²) in [5, 5.41) is 7.23. The molecule has 3 rings (SSSR count). The summed E-state index contributed by atoms with van der Waals surface area (Å²) in [5.74, 6) is -0.524. The topological polar surface area (TPSA) is 107 Å². The molecule has 0 unspecified atom stereocenters. The number of nitrogens with zero attached hydrogens (tertiary/aromatic N) is 1. The first-order valence-corrected chi connectivity index (χ1v) is 10.4. The Kier molecular flexibility index (Phi) is 7.34. The molecular weight excluding hydrogens is 418 g/mol. The van der Waals surface area contributed by atoms with E-state index in [-0.39, 0.29) is 11.6 Å². The Morgan fingerprint density at radius 1 is 0.935 bits per heavy atom. The predicted molar refractivity (Wildman–Crippen MR) is 118 cm³/mol. The number of aromatic nitrogens is 1. The van der Waals surface area contributed by atoms with Crippen molar-refractivity contribution >= 4 is 39.9 Å². The second-order valence-corrected chi connectivity index (χ2v) is 7.25. The van der Waals surface area contributed by atoms with E-state index in [0.717, 1.165) is 17.8 Å². The summed E-state index contributed by atoms with van der Waals surface area (Å²) in [6.45, 7) is 2.28. The zero-order valence-electron chi connectivity index (χ0n) is 17.0. The molecule has 0 spiro atoms. The van der Waals surface area contributed by atoms with Gasteiger partial charge in [0.25, 0.3) is 11.8 Å². The lowest BCUT2D eigenvalue weighted by molar-refractivity contribution is 0.0505. The minimum atomic E-state index is -0.428. The summed E-state index contributed by atoms with van der Waals surface area (Å²) < 4.78 is 10.1. The van der Waals surface area contributed by atoms with E-state index in [9.17, 15) is 14.4 Å². The van der Waals surface area contributed by atoms with E-state index in [1.807, 2.05) is 6.92 Å². The Balaban J connectivity index is 1.58. The zero-order chi connectivity index (χ0) is 22.2. The molecule has 31 heavy (non-hydrogen) atoms. The van der Waals surface area contributed by atoms with Crippen LogP contribution >= 0.6 is 11.3 Å². The molecule has 2 amide bonds. The molecule has 0 saturated carbocycles. The number of nitrogens with one attached hydrogen (secondary N) is 2. The molecule has 9 heteroatoms. The minimum Gasteiger partial charge on any atom is -0.497 e. The van der Waals surface area contributed by atoms with Gasteiger partial charge in [-0.05, 0) is 55.0 Å². The third-order valence-electron chi connectivity index (χ3n) is 4.13. The highest BCUT2D eigenvalue weighted by atomic mass is 32.1. The maximum absolute atomic E-state index is 12.4. The van der Waals surface area contributed by atoms with Crippen LogP contribution in [0.2, 0.25) is 0 Å². The van der Waals surface area contributed by atoms with E-state index in [2.05, 4.69) is 15.6 Å². The number of thiazole rings is 1. The number of amides is 2. The molecule has 0 saturated heterocycles. The van der Waals surface area contributed by atoms with Gasteiger partial charge in [0.1, 0.15) is 11.4 Å². The fraction of sp³-hybridized carbons (Fsp3) is 0.182. The van der Waals surface area contributed by atoms with E-state index in [0.29, 0.717) is 34.3 Å². The number of hydrogen-bond donors (Lipinski definition) is 2. The van der Waals surface area contributed by atoms with E-state index in [1.54, 1.807) is 61.0 Å². The highest BCUT2D eigenvalue weighted by Crippen LogP contribution is 2.19.